The number of carbonyl (C=O) groups excluding carboxylic acids is 1. The molecule has 0 atom stereocenters. The lowest BCUT2D eigenvalue weighted by molar-refractivity contribution is -0.118. The molecular weight excluding hydrogens is 262 g/mol. The summed E-state index contributed by atoms with van der Waals surface area (Å²) in [4.78, 5) is 17.9. The van der Waals surface area contributed by atoms with Crippen LogP contribution in [0.4, 0.5) is 11.6 Å². The van der Waals surface area contributed by atoms with Gasteiger partial charge in [0.05, 0.1) is 6.54 Å². The molecule has 0 spiro atoms. The molecule has 4 heteroatoms. The Balaban J connectivity index is 2.31. The van der Waals surface area contributed by atoms with Gasteiger partial charge in [-0.05, 0) is 24.1 Å². The first kappa shape index (κ1) is 15.4. The molecule has 114 valence electrons. The first-order valence-electron chi connectivity index (χ1n) is 7.59. The average molecular weight is 287 g/mol. The van der Waals surface area contributed by atoms with Crippen LogP contribution in [0.1, 0.15) is 33.6 Å². The monoisotopic (exact) mass is 287 g/mol. The van der Waals surface area contributed by atoms with Crippen molar-refractivity contribution in [2.24, 2.45) is 5.92 Å². The van der Waals surface area contributed by atoms with Crippen molar-refractivity contribution in [2.45, 2.75) is 33.6 Å². The lowest BCUT2D eigenvalue weighted by atomic mass is 9.95. The average Bonchev–Trinajstić information content (AvgIpc) is 3.04. The summed E-state index contributed by atoms with van der Waals surface area (Å²) in [5.74, 6) is 2.20. The van der Waals surface area contributed by atoms with Gasteiger partial charge in [0, 0.05) is 24.2 Å². The summed E-state index contributed by atoms with van der Waals surface area (Å²) in [5.41, 5.74) is 3.00. The lowest BCUT2D eigenvalue weighted by Crippen LogP contribution is -2.21. The molecule has 0 fully saturated rings. The van der Waals surface area contributed by atoms with E-state index in [1.54, 1.807) is 0 Å². The second-order valence-corrected chi connectivity index (χ2v) is 5.77. The third kappa shape index (κ3) is 2.89. The van der Waals surface area contributed by atoms with Crippen molar-refractivity contribution in [1.29, 1.82) is 0 Å². The van der Waals surface area contributed by atoms with Gasteiger partial charge in [-0.3, -0.25) is 4.79 Å². The summed E-state index contributed by atoms with van der Waals surface area (Å²) in [6.45, 7) is 10.9. The summed E-state index contributed by atoms with van der Waals surface area (Å²) in [7, 11) is 1.88. The van der Waals surface area contributed by atoms with Crippen molar-refractivity contribution < 1.29 is 4.79 Å². The van der Waals surface area contributed by atoms with Crippen LogP contribution in [0.2, 0.25) is 0 Å². The lowest BCUT2D eigenvalue weighted by Gasteiger charge is -2.19. The minimum atomic E-state index is 0.0242. The van der Waals surface area contributed by atoms with Crippen molar-refractivity contribution in [1.82, 2.24) is 4.98 Å². The first-order valence-corrected chi connectivity index (χ1v) is 7.59. The molecule has 0 aromatic carbocycles. The predicted octanol–water partition coefficient (Wildman–Crippen LogP) is 3.71. The van der Waals surface area contributed by atoms with Crippen molar-refractivity contribution >= 4 is 17.4 Å². The minimum Gasteiger partial charge on any atom is -0.375 e. The first-order chi connectivity index (χ1) is 9.99. The van der Waals surface area contributed by atoms with Crippen molar-refractivity contribution in [2.75, 3.05) is 23.8 Å². The molecule has 0 unspecified atom stereocenters. The quantitative estimate of drug-likeness (QED) is 0.838. The molecule has 0 saturated carbocycles. The van der Waals surface area contributed by atoms with E-state index in [0.29, 0.717) is 6.54 Å². The predicted molar refractivity (Wildman–Crippen MR) is 88.6 cm³/mol. The SMILES string of the molecule is C=C1C(CCC)=C(C(=O)C(C)C)CN1c1ccc(NC)[nH]1. The second-order valence-electron chi connectivity index (χ2n) is 5.77. The van der Waals surface area contributed by atoms with Crippen LogP contribution in [0, 0.1) is 5.92 Å². The Labute approximate surface area is 126 Å². The molecule has 1 aromatic rings. The normalized spacial score (nSPS) is 15.3. The number of aromatic amines is 1. The van der Waals surface area contributed by atoms with E-state index in [4.69, 9.17) is 0 Å². The fourth-order valence-corrected chi connectivity index (χ4v) is 2.72. The Morgan fingerprint density at radius 1 is 1.48 bits per heavy atom. The van der Waals surface area contributed by atoms with E-state index in [0.717, 1.165) is 41.3 Å². The Morgan fingerprint density at radius 3 is 2.71 bits per heavy atom. The molecule has 0 saturated heterocycles. The topological polar surface area (TPSA) is 48.1 Å². The van der Waals surface area contributed by atoms with Gasteiger partial charge < -0.3 is 15.2 Å². The Morgan fingerprint density at radius 2 is 2.19 bits per heavy atom. The maximum Gasteiger partial charge on any atom is 0.163 e. The zero-order valence-corrected chi connectivity index (χ0v) is 13.4. The molecule has 0 radical (unpaired) electrons. The summed E-state index contributed by atoms with van der Waals surface area (Å²) >= 11 is 0. The highest BCUT2D eigenvalue weighted by atomic mass is 16.1. The van der Waals surface area contributed by atoms with Gasteiger partial charge in [-0.1, -0.05) is 33.8 Å². The van der Waals surface area contributed by atoms with Gasteiger partial charge in [-0.15, -0.1) is 0 Å². The van der Waals surface area contributed by atoms with Gasteiger partial charge in [0.15, 0.2) is 5.78 Å². The van der Waals surface area contributed by atoms with E-state index in [9.17, 15) is 4.79 Å². The number of aromatic nitrogens is 1. The van der Waals surface area contributed by atoms with Crippen LogP contribution in [-0.2, 0) is 4.79 Å². The number of anilines is 2. The molecule has 2 rings (SSSR count). The highest BCUT2D eigenvalue weighted by Crippen LogP contribution is 2.35. The van der Waals surface area contributed by atoms with Gasteiger partial charge in [-0.2, -0.15) is 0 Å². The minimum absolute atomic E-state index is 0.0242. The van der Waals surface area contributed by atoms with Crippen LogP contribution in [-0.4, -0.2) is 24.4 Å². The van der Waals surface area contributed by atoms with Crippen molar-refractivity contribution in [3.63, 3.8) is 0 Å². The number of nitrogens with zero attached hydrogens (tertiary/aromatic N) is 1. The number of nitrogens with one attached hydrogen (secondary N) is 2. The number of rotatable bonds is 6. The van der Waals surface area contributed by atoms with E-state index in [-0.39, 0.29) is 11.7 Å². The van der Waals surface area contributed by atoms with E-state index in [2.05, 4.69) is 28.7 Å². The molecule has 21 heavy (non-hydrogen) atoms. The number of allylic oxidation sites excluding steroid dienone is 1. The molecule has 2 N–H and O–H groups in total. The number of carbonyl (C=O) groups is 1. The molecule has 2 heterocycles. The highest BCUT2D eigenvalue weighted by molar-refractivity contribution is 6.00. The zero-order chi connectivity index (χ0) is 15.6. The van der Waals surface area contributed by atoms with Gasteiger partial charge >= 0.3 is 0 Å². The molecule has 0 bridgehead atoms. The van der Waals surface area contributed by atoms with Crippen LogP contribution in [0.15, 0.2) is 35.6 Å². The fraction of sp³-hybridized carbons (Fsp3) is 0.471. The van der Waals surface area contributed by atoms with E-state index < -0.39 is 0 Å². The molecule has 0 amide bonds. The third-order valence-corrected chi connectivity index (χ3v) is 3.91. The summed E-state index contributed by atoms with van der Waals surface area (Å²) in [5, 5.41) is 3.08. The Hall–Kier alpha value is -1.97. The van der Waals surface area contributed by atoms with Gasteiger partial charge in [0.25, 0.3) is 0 Å². The van der Waals surface area contributed by atoms with Crippen LogP contribution in [0.3, 0.4) is 0 Å². The number of ketones is 1. The van der Waals surface area contributed by atoms with E-state index in [1.807, 2.05) is 33.0 Å². The van der Waals surface area contributed by atoms with Gasteiger partial charge in [-0.25, -0.2) is 0 Å². The molecule has 4 nitrogen and oxygen atoms in total. The Kier molecular flexibility index (Phi) is 4.56. The number of Topliss-reactive ketones (excluding diaryl/α,β-unsaturated/α-hetero) is 1. The van der Waals surface area contributed by atoms with Crippen LogP contribution >= 0.6 is 0 Å². The van der Waals surface area contributed by atoms with Crippen molar-refractivity contribution in [3.05, 3.63) is 35.6 Å². The highest BCUT2D eigenvalue weighted by Gasteiger charge is 2.31. The van der Waals surface area contributed by atoms with Gasteiger partial charge in [0.2, 0.25) is 0 Å². The number of hydrogen-bond acceptors (Lipinski definition) is 3. The summed E-state index contributed by atoms with van der Waals surface area (Å²) in [6, 6.07) is 4.01. The summed E-state index contributed by atoms with van der Waals surface area (Å²) < 4.78 is 0. The summed E-state index contributed by atoms with van der Waals surface area (Å²) in [6.07, 6.45) is 1.92. The molecule has 1 aliphatic rings. The molecule has 1 aromatic heterocycles. The van der Waals surface area contributed by atoms with Gasteiger partial charge in [0.1, 0.15) is 11.6 Å². The largest absolute Gasteiger partial charge is 0.375 e. The number of H-pyrrole nitrogens is 1. The Bertz CT molecular complexity index is 581. The second kappa shape index (κ2) is 6.20. The van der Waals surface area contributed by atoms with Crippen LogP contribution < -0.4 is 10.2 Å². The molecule has 1 aliphatic heterocycles. The van der Waals surface area contributed by atoms with E-state index in [1.165, 1.54) is 0 Å². The van der Waals surface area contributed by atoms with Crippen molar-refractivity contribution in [3.8, 4) is 0 Å². The smallest absolute Gasteiger partial charge is 0.163 e. The number of hydrogen-bond donors (Lipinski definition) is 2. The standard InChI is InChI=1S/C17H25N3O/c1-6-7-13-12(4)20(10-14(13)17(21)11(2)3)16-9-8-15(18-5)19-16/h8-9,11,18-19H,4,6-7,10H2,1-3,5H3. The zero-order valence-electron chi connectivity index (χ0n) is 13.4. The third-order valence-electron chi connectivity index (χ3n) is 3.91. The van der Waals surface area contributed by atoms with Crippen LogP contribution in [0.5, 0.6) is 0 Å². The van der Waals surface area contributed by atoms with Crippen LogP contribution in [0.25, 0.3) is 0 Å². The van der Waals surface area contributed by atoms with E-state index >= 15 is 0 Å². The molecule has 0 aliphatic carbocycles. The maximum absolute atomic E-state index is 12.5. The fourth-order valence-electron chi connectivity index (χ4n) is 2.72. The maximum atomic E-state index is 12.5. The molecular formula is C17H25N3O.